The second kappa shape index (κ2) is 35.5. The zero-order valence-corrected chi connectivity index (χ0v) is 62.0. The van der Waals surface area contributed by atoms with Gasteiger partial charge in [-0.1, -0.05) is 96.8 Å². The maximum atomic E-state index is 14.3. The molecule has 16 atom stereocenters. The first-order valence-electron chi connectivity index (χ1n) is 33.7. The molecule has 0 saturated carbocycles. The molecule has 0 bridgehead atoms. The Hall–Kier alpha value is -4.51. The lowest BCUT2D eigenvalue weighted by molar-refractivity contribution is -0.164. The quantitative estimate of drug-likeness (QED) is 0.0108. The van der Waals surface area contributed by atoms with Gasteiger partial charge in [0.25, 0.3) is 0 Å². The fourth-order valence-electron chi connectivity index (χ4n) is 12.8. The lowest BCUT2D eigenvalue weighted by Gasteiger charge is -2.39. The number of nitrogens with two attached hydrogens (primary N) is 3. The van der Waals surface area contributed by atoms with E-state index < -0.39 is 147 Å². The minimum absolute atomic E-state index is 0.0162. The van der Waals surface area contributed by atoms with Gasteiger partial charge < -0.3 is 79.9 Å². The second-order valence-electron chi connectivity index (χ2n) is 25.7. The van der Waals surface area contributed by atoms with Crippen LogP contribution >= 0.6 is 40.5 Å². The largest absolute Gasteiger partial charge is 0.472 e. The van der Waals surface area contributed by atoms with Crippen molar-refractivity contribution in [2.75, 3.05) is 76.3 Å². The van der Waals surface area contributed by atoms with Gasteiger partial charge in [0.2, 0.25) is 0 Å². The van der Waals surface area contributed by atoms with E-state index in [0.29, 0.717) is 24.2 Å². The van der Waals surface area contributed by atoms with Gasteiger partial charge in [0.15, 0.2) is 53.1 Å². The van der Waals surface area contributed by atoms with Crippen LogP contribution in [0.15, 0.2) is 38.0 Å². The van der Waals surface area contributed by atoms with Gasteiger partial charge in [-0.2, -0.15) is 0 Å². The van der Waals surface area contributed by atoms with Crippen molar-refractivity contribution in [2.45, 2.75) is 203 Å². The highest BCUT2D eigenvalue weighted by molar-refractivity contribution is 8.54. The smallest absolute Gasteiger partial charge is 0.464 e. The van der Waals surface area contributed by atoms with E-state index >= 15 is 0 Å². The zero-order chi connectivity index (χ0) is 73.0. The highest BCUT2D eigenvalue weighted by atomic mass is 32.7. The lowest BCUT2D eigenvalue weighted by Crippen LogP contribution is -2.51. The van der Waals surface area contributed by atoms with Crippen molar-refractivity contribution >= 4 is 109 Å². The van der Waals surface area contributed by atoms with E-state index in [1.165, 1.54) is 110 Å². The number of esters is 1. The van der Waals surface area contributed by atoms with Crippen molar-refractivity contribution in [3.8, 4) is 0 Å². The molecule has 4 aliphatic heterocycles. The molecule has 0 aromatic carbocycles. The Bertz CT molecular complexity index is 3970. The summed E-state index contributed by atoms with van der Waals surface area (Å²) in [5.74, 6) is -0.641. The number of hydrogen-bond donors (Lipinski definition) is 9. The van der Waals surface area contributed by atoms with E-state index in [4.69, 9.17) is 94.2 Å². The molecule has 12 N–H and O–H groups in total. The SMILES string of the molecule is CCCCCCCCCCCCCCCCC(C)(C)C(=O)OCCSP(=O)(O)OC1C2OCCC[C@]2(COP(O)(=S)OC2C(O)[C@@H](COP(=O)(O)OC3C(OC)[C@@H](COP(=O)(O)OCCO)O[C@H]3n3cnc4c(N)ncnc43)O[C@H]2n2cnc3c(N)ncnc32)O[C@H]1n1cnc2c(N)ncnc21. The summed E-state index contributed by atoms with van der Waals surface area (Å²) in [7, 11) is -9.03. The van der Waals surface area contributed by atoms with Crippen LogP contribution in [0.25, 0.3) is 33.5 Å². The second-order valence-corrected chi connectivity index (χ2v) is 35.4. The van der Waals surface area contributed by atoms with Gasteiger partial charge in [-0.3, -0.25) is 45.6 Å². The maximum absolute atomic E-state index is 14.3. The van der Waals surface area contributed by atoms with Crippen LogP contribution in [-0.4, -0.2) is 208 Å². The van der Waals surface area contributed by atoms with Crippen molar-refractivity contribution in [1.82, 2.24) is 58.6 Å². The molecule has 44 heteroatoms. The van der Waals surface area contributed by atoms with Gasteiger partial charge in [0.1, 0.15) is 96.6 Å². The summed E-state index contributed by atoms with van der Waals surface area (Å²) in [5.41, 5.74) is 16.6. The first kappa shape index (κ1) is 80.0. The summed E-state index contributed by atoms with van der Waals surface area (Å²) in [6, 6.07) is 0. The average molecular weight is 1550 g/mol. The molecule has 10 unspecified atom stereocenters. The predicted octanol–water partition coefficient (Wildman–Crippen LogP) is 6.78. The molecular weight excluding hydrogens is 1460 g/mol. The number of methoxy groups -OCH3 is 1. The fraction of sp³-hybridized carbons (Fsp3) is 0.724. The minimum Gasteiger partial charge on any atom is -0.464 e. The molecule has 6 aromatic rings. The standard InChI is InChI=1S/C58H91N15O23P4S2/c1-5-6-7-8-9-10-11-12-13-14-15-16-17-18-20-57(2,3)56(76)86-25-26-102-99(81,82)95-45-46-58(21-19-23-85-46,93-55(45)73-35-70-40-49(61)64-32-67-52(40)73)29-90-100(83,101)96-43-41(75)36(91-53(43)71-33-68-38-47(59)62-30-65-50(38)71)27-89-98(79,80)94-44-42(84-4)37(28-88-97(77,78)87-24-22-74)92-54(44)72-34-69-39-48(60)63-31-66-51(39)72/h30-37,41-46,53-55,74-75H,5-29H2,1-4H3,(H,77,78)(H,79,80)(H,81,82)(H,83,101)(H2,59,62,65)(H2,60,63,66)(H2,61,64,67)/t36-,37-,41?,42?,43?,44?,45?,46?,53-,54-,55-,58-,100?/m1/s1. The van der Waals surface area contributed by atoms with Gasteiger partial charge in [-0.15, -0.1) is 0 Å². The number of phosphoric acid groups is 2. The van der Waals surface area contributed by atoms with Crippen LogP contribution in [-0.2, 0) is 90.4 Å². The van der Waals surface area contributed by atoms with Crippen molar-refractivity contribution in [3.05, 3.63) is 38.0 Å². The molecule has 0 amide bonds. The molecule has 4 aliphatic rings. The fourth-order valence-corrected chi connectivity index (χ4v) is 18.3. The number of hydrogen-bond acceptors (Lipinski definition) is 33. The molecule has 0 spiro atoms. The molecule has 38 nitrogen and oxygen atoms in total. The first-order valence-corrected chi connectivity index (χ1v) is 42.4. The highest BCUT2D eigenvalue weighted by Crippen LogP contribution is 2.62. The molecule has 6 aromatic heterocycles. The van der Waals surface area contributed by atoms with Gasteiger partial charge >= 0.3 is 35.1 Å². The van der Waals surface area contributed by atoms with E-state index in [2.05, 4.69) is 51.8 Å². The Balaban J connectivity index is 0.805. The third kappa shape index (κ3) is 19.8. The van der Waals surface area contributed by atoms with E-state index in [0.717, 1.165) is 38.3 Å². The Morgan fingerprint density at radius 3 is 1.71 bits per heavy atom. The number of anilines is 3. The molecule has 4 fully saturated rings. The number of aromatic nitrogens is 12. The Morgan fingerprint density at radius 1 is 0.647 bits per heavy atom. The number of unbranched alkanes of at least 4 members (excludes halogenated alkanes) is 13. The van der Waals surface area contributed by atoms with Crippen molar-refractivity contribution in [2.24, 2.45) is 5.41 Å². The number of aliphatic hydroxyl groups is 2. The number of ether oxygens (including phenoxy) is 6. The van der Waals surface area contributed by atoms with E-state index in [1.54, 1.807) is 0 Å². The number of fused-ring (bicyclic) bond motifs is 4. The summed E-state index contributed by atoms with van der Waals surface area (Å²) >= 11 is 6.22. The van der Waals surface area contributed by atoms with Crippen LogP contribution in [0.2, 0.25) is 0 Å². The normalized spacial score (nSPS) is 27.1. The van der Waals surface area contributed by atoms with Crippen LogP contribution < -0.4 is 17.2 Å². The summed E-state index contributed by atoms with van der Waals surface area (Å²) in [6.07, 6.45) is 8.42. The van der Waals surface area contributed by atoms with Crippen molar-refractivity contribution < 1.29 is 108 Å². The molecule has 0 aliphatic carbocycles. The van der Waals surface area contributed by atoms with E-state index in [9.17, 15) is 43.2 Å². The molecular formula is C58H91N15O23P4S2. The third-order valence-electron chi connectivity index (χ3n) is 18.0. The van der Waals surface area contributed by atoms with Gasteiger partial charge in [0.05, 0.1) is 57.4 Å². The predicted molar refractivity (Wildman–Crippen MR) is 369 cm³/mol. The summed E-state index contributed by atoms with van der Waals surface area (Å²) in [4.78, 5) is 96.9. The Kier molecular flexibility index (Phi) is 27.8. The van der Waals surface area contributed by atoms with Crippen LogP contribution in [0.5, 0.6) is 0 Å². The number of phosphoric ester groups is 2. The molecule has 568 valence electrons. The lowest BCUT2D eigenvalue weighted by atomic mass is 9.87. The van der Waals surface area contributed by atoms with Crippen molar-refractivity contribution in [3.63, 3.8) is 0 Å². The van der Waals surface area contributed by atoms with Gasteiger partial charge in [-0.25, -0.2) is 58.6 Å². The van der Waals surface area contributed by atoms with Crippen LogP contribution in [0, 0.1) is 5.41 Å². The summed E-state index contributed by atoms with van der Waals surface area (Å²) in [5, 5.41) is 21.4. The highest BCUT2D eigenvalue weighted by Gasteiger charge is 2.62. The van der Waals surface area contributed by atoms with Gasteiger partial charge in [0, 0.05) is 19.5 Å². The summed E-state index contributed by atoms with van der Waals surface area (Å²) in [6.45, 7) is -7.14. The summed E-state index contributed by atoms with van der Waals surface area (Å²) < 4.78 is 122. The third-order valence-corrected chi connectivity index (χ3v) is 24.5. The zero-order valence-electron chi connectivity index (χ0n) is 56.8. The number of carbonyl (C=O) groups excluding carboxylic acids is 1. The van der Waals surface area contributed by atoms with Gasteiger partial charge in [-0.05, 0) is 56.3 Å². The number of carbonyl (C=O) groups is 1. The molecule has 0 radical (unpaired) electrons. The Labute approximate surface area is 596 Å². The molecule has 10 rings (SSSR count). The minimum atomic E-state index is -5.42. The first-order chi connectivity index (χ1) is 48.7. The van der Waals surface area contributed by atoms with Crippen LogP contribution in [0.1, 0.15) is 149 Å². The average Bonchev–Trinajstić information content (AvgIpc) is 1.59. The number of aliphatic hydroxyl groups excluding tert-OH is 2. The molecule has 102 heavy (non-hydrogen) atoms. The topological polar surface area (TPSA) is 519 Å². The number of nitrogens with zero attached hydrogens (tertiary/aromatic N) is 12. The van der Waals surface area contributed by atoms with Crippen LogP contribution in [0.4, 0.5) is 17.5 Å². The Morgan fingerprint density at radius 2 is 1.16 bits per heavy atom. The van der Waals surface area contributed by atoms with Crippen LogP contribution in [0.3, 0.4) is 0 Å². The van der Waals surface area contributed by atoms with E-state index in [1.807, 2.05) is 13.8 Å². The molecule has 10 heterocycles. The number of rotatable bonds is 42. The number of nitrogen functional groups attached to an aromatic ring is 3. The maximum Gasteiger partial charge on any atom is 0.472 e. The molecule has 4 saturated heterocycles. The number of imidazole rings is 3. The monoisotopic (exact) mass is 1550 g/mol. The van der Waals surface area contributed by atoms with Crippen molar-refractivity contribution in [1.29, 1.82) is 0 Å². The van der Waals surface area contributed by atoms with E-state index in [-0.39, 0.29) is 76.3 Å².